The summed E-state index contributed by atoms with van der Waals surface area (Å²) in [5.41, 5.74) is 1.45. The van der Waals surface area contributed by atoms with Gasteiger partial charge in [-0.05, 0) is 61.4 Å². The lowest BCUT2D eigenvalue weighted by molar-refractivity contribution is -0.125. The molecular formula is C21H24N2O3. The van der Waals surface area contributed by atoms with Gasteiger partial charge in [0.2, 0.25) is 5.91 Å². The number of nitrogens with one attached hydrogen (secondary N) is 1. The maximum absolute atomic E-state index is 13.2. The van der Waals surface area contributed by atoms with Crippen LogP contribution in [0.1, 0.15) is 43.0 Å². The number of nitrogens with zero attached hydrogens (tertiary/aromatic N) is 1. The van der Waals surface area contributed by atoms with E-state index in [9.17, 15) is 9.90 Å². The molecule has 1 aromatic heterocycles. The number of benzene rings is 1. The Morgan fingerprint density at radius 2 is 1.96 bits per heavy atom. The van der Waals surface area contributed by atoms with E-state index >= 15 is 0 Å². The first-order valence-electron chi connectivity index (χ1n) is 9.17. The van der Waals surface area contributed by atoms with Crippen molar-refractivity contribution in [2.75, 3.05) is 7.11 Å². The minimum atomic E-state index is -0.443. The summed E-state index contributed by atoms with van der Waals surface area (Å²) in [6, 6.07) is 13.4. The van der Waals surface area contributed by atoms with Gasteiger partial charge in [0.15, 0.2) is 0 Å². The summed E-state index contributed by atoms with van der Waals surface area (Å²) < 4.78 is 5.22. The van der Waals surface area contributed by atoms with Crippen molar-refractivity contribution < 1.29 is 14.6 Å². The number of rotatable bonds is 6. The fourth-order valence-corrected chi connectivity index (χ4v) is 3.86. The monoisotopic (exact) mass is 352 g/mol. The minimum Gasteiger partial charge on any atom is -0.497 e. The summed E-state index contributed by atoms with van der Waals surface area (Å²) in [5, 5.41) is 12.9. The van der Waals surface area contributed by atoms with Crippen molar-refractivity contribution >= 4 is 5.91 Å². The molecular weight excluding hydrogens is 328 g/mol. The number of aliphatic hydroxyl groups is 1. The number of aromatic nitrogens is 1. The van der Waals surface area contributed by atoms with E-state index < -0.39 is 5.41 Å². The summed E-state index contributed by atoms with van der Waals surface area (Å²) in [5.74, 6) is 1.08. The molecule has 2 N–H and O–H groups in total. The van der Waals surface area contributed by atoms with Crippen LogP contribution in [0.2, 0.25) is 0 Å². The van der Waals surface area contributed by atoms with Crippen molar-refractivity contribution in [3.63, 3.8) is 0 Å². The summed E-state index contributed by atoms with van der Waals surface area (Å²) >= 11 is 0. The standard InChI is InChI=1S/C21H24N2O3/c1-26-17-7-5-15(6-8-17)21(9-10-21)20(25)23-19(14-12-16(24)13-14)18-4-2-3-11-22-18/h2-8,11,14,16,19,24H,9-10,12-13H2,1H3,(H,23,25). The van der Waals surface area contributed by atoms with Crippen molar-refractivity contribution in [1.29, 1.82) is 0 Å². The van der Waals surface area contributed by atoms with Crippen molar-refractivity contribution in [2.24, 2.45) is 5.92 Å². The molecule has 0 bridgehead atoms. The molecule has 5 heteroatoms. The van der Waals surface area contributed by atoms with Crippen LogP contribution in [0, 0.1) is 5.92 Å². The number of hydrogen-bond acceptors (Lipinski definition) is 4. The molecule has 2 saturated carbocycles. The zero-order valence-electron chi connectivity index (χ0n) is 14.9. The van der Waals surface area contributed by atoms with Crippen LogP contribution in [0.5, 0.6) is 5.75 Å². The maximum Gasteiger partial charge on any atom is 0.231 e. The van der Waals surface area contributed by atoms with Gasteiger partial charge in [0, 0.05) is 6.20 Å². The van der Waals surface area contributed by atoms with Crippen LogP contribution in [0.4, 0.5) is 0 Å². The van der Waals surface area contributed by atoms with E-state index in [2.05, 4.69) is 10.3 Å². The molecule has 1 unspecified atom stereocenters. The van der Waals surface area contributed by atoms with Gasteiger partial charge in [-0.1, -0.05) is 18.2 Å². The van der Waals surface area contributed by atoms with Gasteiger partial charge in [0.25, 0.3) is 0 Å². The average molecular weight is 352 g/mol. The number of carbonyl (C=O) groups is 1. The molecule has 1 aromatic carbocycles. The second-order valence-corrected chi connectivity index (χ2v) is 7.40. The summed E-state index contributed by atoms with van der Waals surface area (Å²) in [6.07, 6.45) is 4.61. The van der Waals surface area contributed by atoms with Crippen LogP contribution in [-0.2, 0) is 10.2 Å². The number of methoxy groups -OCH3 is 1. The van der Waals surface area contributed by atoms with Crippen molar-refractivity contribution in [3.05, 3.63) is 59.9 Å². The highest BCUT2D eigenvalue weighted by Gasteiger charge is 2.52. The number of pyridine rings is 1. The molecule has 0 radical (unpaired) electrons. The Bertz CT molecular complexity index is 766. The molecule has 2 aliphatic rings. The number of amides is 1. The van der Waals surface area contributed by atoms with E-state index in [0.717, 1.165) is 29.8 Å². The van der Waals surface area contributed by atoms with Crippen LogP contribution < -0.4 is 10.1 Å². The fraction of sp³-hybridized carbons (Fsp3) is 0.429. The number of carbonyl (C=O) groups excluding carboxylic acids is 1. The molecule has 1 heterocycles. The third-order valence-electron chi connectivity index (χ3n) is 5.74. The lowest BCUT2D eigenvalue weighted by Crippen LogP contribution is -2.45. The minimum absolute atomic E-state index is 0.0553. The zero-order valence-corrected chi connectivity index (χ0v) is 14.9. The van der Waals surface area contributed by atoms with Crippen LogP contribution in [0.15, 0.2) is 48.7 Å². The molecule has 2 aliphatic carbocycles. The van der Waals surface area contributed by atoms with Gasteiger partial charge >= 0.3 is 0 Å². The van der Waals surface area contributed by atoms with Gasteiger partial charge < -0.3 is 15.2 Å². The van der Waals surface area contributed by atoms with Gasteiger partial charge in [0.05, 0.1) is 30.4 Å². The Morgan fingerprint density at radius 1 is 1.23 bits per heavy atom. The molecule has 136 valence electrons. The molecule has 5 nitrogen and oxygen atoms in total. The topological polar surface area (TPSA) is 71.5 Å². The summed E-state index contributed by atoms with van der Waals surface area (Å²) in [6.45, 7) is 0. The first-order chi connectivity index (χ1) is 12.6. The van der Waals surface area contributed by atoms with E-state index in [4.69, 9.17) is 4.74 Å². The Hall–Kier alpha value is -2.40. The second-order valence-electron chi connectivity index (χ2n) is 7.40. The number of hydrogen-bond donors (Lipinski definition) is 2. The molecule has 2 aromatic rings. The van der Waals surface area contributed by atoms with Crippen molar-refractivity contribution in [1.82, 2.24) is 10.3 Å². The Morgan fingerprint density at radius 3 is 2.50 bits per heavy atom. The first kappa shape index (κ1) is 17.0. The van der Waals surface area contributed by atoms with Crippen LogP contribution in [0.3, 0.4) is 0 Å². The highest BCUT2D eigenvalue weighted by Crippen LogP contribution is 2.49. The third-order valence-corrected chi connectivity index (χ3v) is 5.74. The third kappa shape index (κ3) is 3.07. The average Bonchev–Trinajstić information content (AvgIpc) is 3.46. The van der Waals surface area contributed by atoms with Gasteiger partial charge in [-0.15, -0.1) is 0 Å². The van der Waals surface area contributed by atoms with Crippen LogP contribution in [0.25, 0.3) is 0 Å². The Balaban J connectivity index is 1.54. The lowest BCUT2D eigenvalue weighted by Gasteiger charge is -2.38. The number of aliphatic hydroxyl groups excluding tert-OH is 1. The smallest absolute Gasteiger partial charge is 0.231 e. The largest absolute Gasteiger partial charge is 0.497 e. The normalized spacial score (nSPS) is 24.2. The summed E-state index contributed by atoms with van der Waals surface area (Å²) in [4.78, 5) is 17.6. The molecule has 0 saturated heterocycles. The lowest BCUT2D eigenvalue weighted by atomic mass is 9.76. The molecule has 26 heavy (non-hydrogen) atoms. The molecule has 1 amide bonds. The summed E-state index contributed by atoms with van der Waals surface area (Å²) in [7, 11) is 1.64. The van der Waals surface area contributed by atoms with Gasteiger partial charge in [-0.2, -0.15) is 0 Å². The van der Waals surface area contributed by atoms with E-state index in [1.807, 2.05) is 42.5 Å². The fourth-order valence-electron chi connectivity index (χ4n) is 3.86. The van der Waals surface area contributed by atoms with E-state index in [1.54, 1.807) is 13.3 Å². The SMILES string of the molecule is COc1ccc(C2(C(=O)NC(c3ccccn3)C3CC(O)C3)CC2)cc1. The predicted molar refractivity (Wildman–Crippen MR) is 97.8 cm³/mol. The first-order valence-corrected chi connectivity index (χ1v) is 9.17. The van der Waals surface area contributed by atoms with Gasteiger partial charge in [-0.3, -0.25) is 9.78 Å². The highest BCUT2D eigenvalue weighted by atomic mass is 16.5. The predicted octanol–water partition coefficient (Wildman–Crippen LogP) is 2.75. The zero-order chi connectivity index (χ0) is 18.1. The molecule has 0 aliphatic heterocycles. The van der Waals surface area contributed by atoms with E-state index in [0.29, 0.717) is 12.8 Å². The Labute approximate surface area is 153 Å². The van der Waals surface area contributed by atoms with Crippen LogP contribution >= 0.6 is 0 Å². The molecule has 0 spiro atoms. The second kappa shape index (κ2) is 6.72. The Kier molecular flexibility index (Phi) is 4.41. The van der Waals surface area contributed by atoms with Crippen molar-refractivity contribution in [3.8, 4) is 5.75 Å². The van der Waals surface area contributed by atoms with Gasteiger partial charge in [0.1, 0.15) is 5.75 Å². The molecule has 1 atom stereocenters. The van der Waals surface area contributed by atoms with E-state index in [1.165, 1.54) is 0 Å². The highest BCUT2D eigenvalue weighted by molar-refractivity contribution is 5.91. The van der Waals surface area contributed by atoms with Gasteiger partial charge in [-0.25, -0.2) is 0 Å². The molecule has 2 fully saturated rings. The van der Waals surface area contributed by atoms with E-state index in [-0.39, 0.29) is 24.0 Å². The number of ether oxygens (including phenoxy) is 1. The maximum atomic E-state index is 13.2. The molecule has 4 rings (SSSR count). The quantitative estimate of drug-likeness (QED) is 0.839. The van der Waals surface area contributed by atoms with Crippen molar-refractivity contribution in [2.45, 2.75) is 43.2 Å². The van der Waals surface area contributed by atoms with Crippen LogP contribution in [-0.4, -0.2) is 29.2 Å².